The van der Waals surface area contributed by atoms with Crippen molar-refractivity contribution in [1.29, 1.82) is 0 Å². The molecule has 1 heterocycles. The van der Waals surface area contributed by atoms with Crippen LogP contribution in [-0.2, 0) is 12.6 Å². The van der Waals surface area contributed by atoms with Gasteiger partial charge in [0.25, 0.3) is 0 Å². The molecule has 0 aliphatic rings. The predicted octanol–water partition coefficient (Wildman–Crippen LogP) is 3.46. The Bertz CT molecular complexity index is 342. The van der Waals surface area contributed by atoms with Gasteiger partial charge in [0.15, 0.2) is 0 Å². The second-order valence-corrected chi connectivity index (χ2v) is 6.55. The van der Waals surface area contributed by atoms with Gasteiger partial charge in [-0.05, 0) is 40.6 Å². The summed E-state index contributed by atoms with van der Waals surface area (Å²) in [7, 11) is 1.88. The van der Waals surface area contributed by atoms with Gasteiger partial charge in [-0.25, -0.2) is 0 Å². The smallest absolute Gasteiger partial charge is 0.108 e. The summed E-state index contributed by atoms with van der Waals surface area (Å²) in [6, 6.07) is 0. The highest BCUT2D eigenvalue weighted by Gasteiger charge is 2.35. The lowest BCUT2D eigenvalue weighted by Crippen LogP contribution is -2.32. The van der Waals surface area contributed by atoms with Crippen molar-refractivity contribution in [2.75, 3.05) is 0 Å². The molecule has 3 nitrogen and oxygen atoms in total. The average molecular weight is 303 g/mol. The molecule has 0 saturated carbocycles. The van der Waals surface area contributed by atoms with E-state index in [2.05, 4.69) is 48.7 Å². The molecule has 1 rings (SSSR count). The van der Waals surface area contributed by atoms with Crippen LogP contribution in [0.1, 0.15) is 46.2 Å². The van der Waals surface area contributed by atoms with Crippen LogP contribution in [0.3, 0.4) is 0 Å². The van der Waals surface area contributed by atoms with Crippen molar-refractivity contribution in [3.63, 3.8) is 0 Å². The van der Waals surface area contributed by atoms with Crippen LogP contribution in [0.15, 0.2) is 10.7 Å². The predicted molar refractivity (Wildman–Crippen MR) is 73.7 cm³/mol. The molecule has 0 radical (unpaired) electrons. The van der Waals surface area contributed by atoms with Crippen LogP contribution in [-0.4, -0.2) is 14.9 Å². The molecule has 0 bridgehead atoms. The minimum atomic E-state index is -0.799. The summed E-state index contributed by atoms with van der Waals surface area (Å²) in [4.78, 5) is 0. The monoisotopic (exact) mass is 302 g/mol. The maximum absolute atomic E-state index is 11.0. The van der Waals surface area contributed by atoms with Crippen molar-refractivity contribution in [2.45, 2.75) is 46.1 Å². The quantitative estimate of drug-likeness (QED) is 0.904. The van der Waals surface area contributed by atoms with Gasteiger partial charge in [0.1, 0.15) is 5.60 Å². The molecular formula is C13H23BrN2O. The summed E-state index contributed by atoms with van der Waals surface area (Å²) in [6.07, 6.45) is 3.26. The lowest BCUT2D eigenvalue weighted by atomic mass is 9.82. The molecule has 0 aliphatic heterocycles. The molecule has 1 aromatic heterocycles. The topological polar surface area (TPSA) is 38.1 Å². The highest BCUT2D eigenvalue weighted by atomic mass is 79.9. The van der Waals surface area contributed by atoms with Crippen molar-refractivity contribution in [1.82, 2.24) is 9.78 Å². The van der Waals surface area contributed by atoms with Crippen molar-refractivity contribution in [3.8, 4) is 0 Å². The highest BCUT2D eigenvalue weighted by Crippen LogP contribution is 2.38. The number of rotatable bonds is 5. The maximum atomic E-state index is 11.0. The van der Waals surface area contributed by atoms with Crippen LogP contribution < -0.4 is 0 Å². The fourth-order valence-electron chi connectivity index (χ4n) is 2.56. The third kappa shape index (κ3) is 3.55. The zero-order chi connectivity index (χ0) is 13.2. The van der Waals surface area contributed by atoms with E-state index in [1.807, 2.05) is 7.05 Å². The Kier molecular flexibility index (Phi) is 4.78. The molecule has 0 atom stereocenters. The third-order valence-corrected chi connectivity index (χ3v) is 3.41. The van der Waals surface area contributed by atoms with Crippen LogP contribution in [0.4, 0.5) is 0 Å². The fraction of sp³-hybridized carbons (Fsp3) is 0.769. The van der Waals surface area contributed by atoms with E-state index >= 15 is 0 Å². The molecule has 0 unspecified atom stereocenters. The van der Waals surface area contributed by atoms with Gasteiger partial charge in [0.2, 0.25) is 0 Å². The van der Waals surface area contributed by atoms with Crippen LogP contribution in [0.5, 0.6) is 0 Å². The van der Waals surface area contributed by atoms with E-state index in [4.69, 9.17) is 0 Å². The standard InChI is InChI=1S/C13H23BrN2O/c1-9(2)6-13(17,7-10(3)4)12-11(14)8-15-16(12)5/h8-10,17H,6-7H2,1-5H3. The second kappa shape index (κ2) is 5.53. The number of nitrogens with zero attached hydrogens (tertiary/aromatic N) is 2. The first-order chi connectivity index (χ1) is 7.76. The van der Waals surface area contributed by atoms with Crippen LogP contribution >= 0.6 is 15.9 Å². The first-order valence-electron chi connectivity index (χ1n) is 6.16. The summed E-state index contributed by atoms with van der Waals surface area (Å²) in [5.41, 5.74) is 0.0896. The summed E-state index contributed by atoms with van der Waals surface area (Å²) in [5.74, 6) is 0.890. The summed E-state index contributed by atoms with van der Waals surface area (Å²) < 4.78 is 2.67. The van der Waals surface area contributed by atoms with E-state index in [1.165, 1.54) is 0 Å². The van der Waals surface area contributed by atoms with Crippen LogP contribution in [0, 0.1) is 11.8 Å². The molecule has 0 aromatic carbocycles. The molecule has 1 N–H and O–H groups in total. The first kappa shape index (κ1) is 14.7. The van der Waals surface area contributed by atoms with Gasteiger partial charge in [-0.2, -0.15) is 5.10 Å². The number of hydrogen-bond donors (Lipinski definition) is 1. The van der Waals surface area contributed by atoms with Gasteiger partial charge in [-0.15, -0.1) is 0 Å². The molecule has 0 saturated heterocycles. The van der Waals surface area contributed by atoms with E-state index in [1.54, 1.807) is 10.9 Å². The van der Waals surface area contributed by atoms with Crippen molar-refractivity contribution in [3.05, 3.63) is 16.4 Å². The Labute approximate surface area is 112 Å². The summed E-state index contributed by atoms with van der Waals surface area (Å²) in [5, 5.41) is 15.2. The van der Waals surface area contributed by atoms with E-state index in [0.717, 1.165) is 23.0 Å². The Morgan fingerprint density at radius 2 is 1.76 bits per heavy atom. The lowest BCUT2D eigenvalue weighted by Gasteiger charge is -2.32. The van der Waals surface area contributed by atoms with Crippen LogP contribution in [0.25, 0.3) is 0 Å². The average Bonchev–Trinajstić information content (AvgIpc) is 2.42. The Morgan fingerprint density at radius 3 is 2.06 bits per heavy atom. The van der Waals surface area contributed by atoms with E-state index in [0.29, 0.717) is 11.8 Å². The zero-order valence-corrected chi connectivity index (χ0v) is 13.0. The van der Waals surface area contributed by atoms with Gasteiger partial charge in [0.05, 0.1) is 16.4 Å². The van der Waals surface area contributed by atoms with E-state index in [9.17, 15) is 5.11 Å². The van der Waals surface area contributed by atoms with Crippen molar-refractivity contribution >= 4 is 15.9 Å². The Morgan fingerprint density at radius 1 is 1.29 bits per heavy atom. The number of halogens is 1. The van der Waals surface area contributed by atoms with Gasteiger partial charge < -0.3 is 5.11 Å². The van der Waals surface area contributed by atoms with Gasteiger partial charge in [0, 0.05) is 7.05 Å². The van der Waals surface area contributed by atoms with Gasteiger partial charge in [-0.3, -0.25) is 4.68 Å². The minimum Gasteiger partial charge on any atom is -0.384 e. The molecule has 0 spiro atoms. The molecule has 4 heteroatoms. The number of aryl methyl sites for hydroxylation is 1. The normalized spacial score (nSPS) is 12.8. The molecule has 0 aliphatic carbocycles. The highest BCUT2D eigenvalue weighted by molar-refractivity contribution is 9.10. The third-order valence-electron chi connectivity index (χ3n) is 2.83. The van der Waals surface area contributed by atoms with Crippen molar-refractivity contribution < 1.29 is 5.11 Å². The summed E-state index contributed by atoms with van der Waals surface area (Å²) in [6.45, 7) is 8.54. The Hall–Kier alpha value is -0.350. The Balaban J connectivity index is 3.13. The van der Waals surface area contributed by atoms with Crippen LogP contribution in [0.2, 0.25) is 0 Å². The van der Waals surface area contributed by atoms with E-state index in [-0.39, 0.29) is 0 Å². The summed E-state index contributed by atoms with van der Waals surface area (Å²) >= 11 is 3.49. The molecule has 0 amide bonds. The fourth-order valence-corrected chi connectivity index (χ4v) is 3.28. The zero-order valence-electron chi connectivity index (χ0n) is 11.4. The van der Waals surface area contributed by atoms with E-state index < -0.39 is 5.60 Å². The molecular weight excluding hydrogens is 280 g/mol. The SMILES string of the molecule is CC(C)CC(O)(CC(C)C)c1c(Br)cnn1C. The molecule has 17 heavy (non-hydrogen) atoms. The number of hydrogen-bond acceptors (Lipinski definition) is 2. The van der Waals surface area contributed by atoms with Gasteiger partial charge in [-0.1, -0.05) is 27.7 Å². The lowest BCUT2D eigenvalue weighted by molar-refractivity contribution is -0.0123. The molecule has 1 aromatic rings. The molecule has 98 valence electrons. The number of aliphatic hydroxyl groups is 1. The van der Waals surface area contributed by atoms with Gasteiger partial charge >= 0.3 is 0 Å². The minimum absolute atomic E-state index is 0.445. The molecule has 0 fully saturated rings. The first-order valence-corrected chi connectivity index (χ1v) is 6.96. The number of aromatic nitrogens is 2. The second-order valence-electron chi connectivity index (χ2n) is 5.69. The maximum Gasteiger partial charge on any atom is 0.108 e. The largest absolute Gasteiger partial charge is 0.384 e. The van der Waals surface area contributed by atoms with Crippen molar-refractivity contribution in [2.24, 2.45) is 18.9 Å².